The average molecular weight is 286 g/mol. The summed E-state index contributed by atoms with van der Waals surface area (Å²) < 4.78 is 11.4. The van der Waals surface area contributed by atoms with Crippen molar-refractivity contribution in [2.24, 2.45) is 0 Å². The fourth-order valence-electron chi connectivity index (χ4n) is 1.31. The molecule has 0 atom stereocenters. The van der Waals surface area contributed by atoms with E-state index in [0.717, 1.165) is 11.3 Å². The van der Waals surface area contributed by atoms with Crippen LogP contribution in [0.2, 0.25) is 9.88 Å². The Kier molecular flexibility index (Phi) is 2.25. The fraction of sp³-hybridized carbons (Fsp3) is 0.333. The minimum absolute atomic E-state index is 0.133. The van der Waals surface area contributed by atoms with E-state index >= 15 is 0 Å². The maximum atomic E-state index is 5.70. The quantitative estimate of drug-likeness (QED) is 0.634. The first-order chi connectivity index (χ1) is 6.07. The molecule has 1 aromatic carbocycles. The predicted octanol–water partition coefficient (Wildman–Crippen LogP) is 2.02. The summed E-state index contributed by atoms with van der Waals surface area (Å²) in [6.07, 6.45) is -0.133. The molecule has 1 fully saturated rings. The van der Waals surface area contributed by atoms with E-state index in [-0.39, 0.29) is 6.29 Å². The van der Waals surface area contributed by atoms with Crippen LogP contribution < -0.4 is 5.73 Å². The molecule has 1 aliphatic rings. The average Bonchev–Trinajstić information content (AvgIpc) is 2.01. The van der Waals surface area contributed by atoms with Crippen molar-refractivity contribution in [2.45, 2.75) is 16.2 Å². The summed E-state index contributed by atoms with van der Waals surface area (Å²) in [5, 5.41) is 0. The van der Waals surface area contributed by atoms with Crippen LogP contribution >= 0.6 is 0 Å². The van der Waals surface area contributed by atoms with Crippen molar-refractivity contribution in [3.8, 4) is 0 Å². The van der Waals surface area contributed by atoms with E-state index in [1.54, 1.807) is 0 Å². The molecule has 1 aromatic rings. The molecule has 1 heterocycles. The summed E-state index contributed by atoms with van der Waals surface area (Å²) in [5.74, 6) is 0. The van der Waals surface area contributed by atoms with Gasteiger partial charge in [0.15, 0.2) is 0 Å². The summed E-state index contributed by atoms with van der Waals surface area (Å²) in [4.78, 5) is 4.20. The Balaban J connectivity index is 2.08. The van der Waals surface area contributed by atoms with Gasteiger partial charge in [0, 0.05) is 0 Å². The molecule has 4 heteroatoms. The van der Waals surface area contributed by atoms with Gasteiger partial charge in [-0.2, -0.15) is 0 Å². The first-order valence-corrected chi connectivity index (χ1v) is 12.3. The van der Waals surface area contributed by atoms with Gasteiger partial charge in [-0.05, 0) is 0 Å². The van der Waals surface area contributed by atoms with Crippen molar-refractivity contribution in [2.75, 3.05) is 5.73 Å². The summed E-state index contributed by atoms with van der Waals surface area (Å²) in [7, 11) is 0. The van der Waals surface area contributed by atoms with E-state index in [2.05, 4.69) is 9.88 Å². The first kappa shape index (κ1) is 9.30. The molecule has 0 aromatic heterocycles. The van der Waals surface area contributed by atoms with E-state index in [9.17, 15) is 0 Å². The molecule has 0 spiro atoms. The maximum absolute atomic E-state index is 5.70. The van der Waals surface area contributed by atoms with Crippen LogP contribution in [0, 0.1) is 0 Å². The van der Waals surface area contributed by atoms with Gasteiger partial charge in [-0.25, -0.2) is 0 Å². The number of benzene rings is 1. The van der Waals surface area contributed by atoms with Gasteiger partial charge in [-0.15, -0.1) is 0 Å². The van der Waals surface area contributed by atoms with E-state index in [1.165, 1.54) is 0 Å². The molecule has 0 saturated carbocycles. The van der Waals surface area contributed by atoms with Crippen LogP contribution in [-0.4, -0.2) is 19.2 Å². The van der Waals surface area contributed by atoms with Gasteiger partial charge >= 0.3 is 82.8 Å². The van der Waals surface area contributed by atoms with Crippen molar-refractivity contribution < 1.29 is 6.15 Å². The molecule has 13 heavy (non-hydrogen) atoms. The van der Waals surface area contributed by atoms with Crippen molar-refractivity contribution in [1.29, 1.82) is 0 Å². The van der Waals surface area contributed by atoms with Gasteiger partial charge in [0.1, 0.15) is 0 Å². The summed E-state index contributed by atoms with van der Waals surface area (Å²) in [6, 6.07) is 7.62. The molecule has 0 bridgehead atoms. The second-order valence-corrected chi connectivity index (χ2v) is 13.0. The summed E-state index contributed by atoms with van der Waals surface area (Å²) >= 11 is -2.41. The number of anilines is 1. The van der Waals surface area contributed by atoms with Gasteiger partial charge in [-0.3, -0.25) is 0 Å². The van der Waals surface area contributed by atoms with Gasteiger partial charge in [-0.1, -0.05) is 0 Å². The first-order valence-electron chi connectivity index (χ1n) is 4.28. The number of hydrogen-bond donors (Lipinski definition) is 1. The van der Waals surface area contributed by atoms with Gasteiger partial charge < -0.3 is 0 Å². The Morgan fingerprint density at radius 2 is 1.69 bits per heavy atom. The molecule has 0 unspecified atom stereocenters. The third kappa shape index (κ3) is 1.98. The molecule has 0 amide bonds. The topological polar surface area (TPSA) is 44.5 Å². The third-order valence-corrected chi connectivity index (χ3v) is 6.45. The Morgan fingerprint density at radius 1 is 1.15 bits per heavy atom. The Labute approximate surface area is 82.8 Å². The van der Waals surface area contributed by atoms with Gasteiger partial charge in [0.25, 0.3) is 0 Å². The molecule has 70 valence electrons. The van der Waals surface area contributed by atoms with Crippen LogP contribution in [0.15, 0.2) is 24.3 Å². The molecular weight excluding hydrogens is 273 g/mol. The van der Waals surface area contributed by atoms with E-state index in [1.807, 2.05) is 24.3 Å². The van der Waals surface area contributed by atoms with Gasteiger partial charge in [0.05, 0.1) is 0 Å². The second-order valence-electron chi connectivity index (χ2n) is 3.63. The van der Waals surface area contributed by atoms with Crippen molar-refractivity contribution in [3.05, 3.63) is 29.8 Å². The molecule has 1 aliphatic heterocycles. The van der Waals surface area contributed by atoms with Crippen molar-refractivity contribution in [1.82, 2.24) is 0 Å². The second kappa shape index (κ2) is 3.15. The standard InChI is InChI=1S/C7H7NO2.2CH3.Sn/c8-6-3-1-5(2-4-6)7(9)10;;;/h1-4,7H,8H2;2*1H3;/q-2;;;+2. The number of nitrogens with two attached hydrogens (primary N) is 1. The molecular formula is C9H13NO2Sn. The molecule has 2 rings (SSSR count). The monoisotopic (exact) mass is 287 g/mol. The third-order valence-electron chi connectivity index (χ3n) is 1.99. The number of hydrogen-bond acceptors (Lipinski definition) is 3. The minimum atomic E-state index is -2.41. The van der Waals surface area contributed by atoms with Crippen LogP contribution in [-0.2, 0) is 6.15 Å². The normalized spacial score (nSPS) is 21.1. The summed E-state index contributed by atoms with van der Waals surface area (Å²) in [5.41, 5.74) is 7.40. The van der Waals surface area contributed by atoms with Crippen LogP contribution in [0.5, 0.6) is 0 Å². The van der Waals surface area contributed by atoms with Crippen LogP contribution in [0.1, 0.15) is 11.9 Å². The van der Waals surface area contributed by atoms with E-state index in [4.69, 9.17) is 11.9 Å². The fourth-order valence-corrected chi connectivity index (χ4v) is 5.08. The molecule has 0 radical (unpaired) electrons. The van der Waals surface area contributed by atoms with Crippen LogP contribution in [0.25, 0.3) is 0 Å². The Morgan fingerprint density at radius 3 is 2.15 bits per heavy atom. The van der Waals surface area contributed by atoms with E-state index < -0.39 is 19.2 Å². The Bertz CT molecular complexity index is 302. The zero-order valence-corrected chi connectivity index (χ0v) is 10.6. The van der Waals surface area contributed by atoms with Crippen molar-refractivity contribution >= 4 is 24.9 Å². The Hall–Kier alpha value is -0.261. The molecule has 1 saturated heterocycles. The number of nitrogen functional groups attached to an aromatic ring is 1. The van der Waals surface area contributed by atoms with E-state index in [0.29, 0.717) is 0 Å². The van der Waals surface area contributed by atoms with Crippen molar-refractivity contribution in [3.63, 3.8) is 0 Å². The van der Waals surface area contributed by atoms with Crippen LogP contribution in [0.3, 0.4) is 0 Å². The molecule has 3 nitrogen and oxygen atoms in total. The summed E-state index contributed by atoms with van der Waals surface area (Å²) in [6.45, 7) is 0. The SMILES string of the molecule is [CH3][Sn]1([CH3])[O]C(c2ccc(N)cc2)[O]1. The van der Waals surface area contributed by atoms with Crippen LogP contribution in [0.4, 0.5) is 5.69 Å². The molecule has 0 aliphatic carbocycles. The van der Waals surface area contributed by atoms with Gasteiger partial charge in [0.2, 0.25) is 0 Å². The predicted molar refractivity (Wildman–Crippen MR) is 53.2 cm³/mol. The molecule has 2 N–H and O–H groups in total. The zero-order valence-electron chi connectivity index (χ0n) is 7.78. The number of rotatable bonds is 1. The zero-order chi connectivity index (χ0) is 9.47.